The average Bonchev–Trinajstić information content (AvgIpc) is 2.57. The number of hydrogen-bond acceptors (Lipinski definition) is 3. The van der Waals surface area contributed by atoms with Crippen LogP contribution in [0.15, 0.2) is 53.3 Å². The minimum Gasteiger partial charge on any atom is -0.350 e. The number of carbonyl (C=O) groups is 1. The van der Waals surface area contributed by atoms with E-state index in [0.29, 0.717) is 23.7 Å². The van der Waals surface area contributed by atoms with E-state index in [1.165, 1.54) is 12.1 Å². The zero-order chi connectivity index (χ0) is 16.2. The van der Waals surface area contributed by atoms with E-state index in [0.717, 1.165) is 5.56 Å². The fourth-order valence-electron chi connectivity index (χ4n) is 2.34. The van der Waals surface area contributed by atoms with E-state index in [-0.39, 0.29) is 23.0 Å². The Hall–Kier alpha value is -3.02. The van der Waals surface area contributed by atoms with E-state index in [9.17, 15) is 14.0 Å². The third-order valence-electron chi connectivity index (χ3n) is 3.52. The first-order valence-electron chi connectivity index (χ1n) is 7.15. The smallest absolute Gasteiger partial charge is 0.272 e. The molecule has 23 heavy (non-hydrogen) atoms. The molecule has 0 radical (unpaired) electrons. The van der Waals surface area contributed by atoms with Gasteiger partial charge in [0.1, 0.15) is 5.82 Å². The highest BCUT2D eigenvalue weighted by atomic mass is 19.1. The van der Waals surface area contributed by atoms with Crippen molar-refractivity contribution in [2.24, 2.45) is 0 Å². The van der Waals surface area contributed by atoms with E-state index < -0.39 is 0 Å². The van der Waals surface area contributed by atoms with Crippen LogP contribution in [0.3, 0.4) is 0 Å². The quantitative estimate of drug-likeness (QED) is 0.774. The van der Waals surface area contributed by atoms with Gasteiger partial charge in [0.05, 0.1) is 5.39 Å². The molecule has 0 aliphatic rings. The first-order valence-corrected chi connectivity index (χ1v) is 7.15. The van der Waals surface area contributed by atoms with Gasteiger partial charge < -0.3 is 5.32 Å². The number of amides is 1. The van der Waals surface area contributed by atoms with Crippen molar-refractivity contribution in [3.05, 3.63) is 76.0 Å². The lowest BCUT2D eigenvalue weighted by atomic mass is 10.1. The van der Waals surface area contributed by atoms with Crippen LogP contribution in [-0.4, -0.2) is 22.6 Å². The molecule has 0 spiro atoms. The molecule has 0 bridgehead atoms. The number of aromatic nitrogens is 2. The Kier molecular flexibility index (Phi) is 4.14. The van der Waals surface area contributed by atoms with Crippen molar-refractivity contribution in [1.82, 2.24) is 15.5 Å². The second-order valence-corrected chi connectivity index (χ2v) is 5.08. The van der Waals surface area contributed by atoms with Crippen LogP contribution in [0.5, 0.6) is 0 Å². The second-order valence-electron chi connectivity index (χ2n) is 5.08. The summed E-state index contributed by atoms with van der Waals surface area (Å²) >= 11 is 0. The van der Waals surface area contributed by atoms with Gasteiger partial charge in [-0.2, -0.15) is 5.10 Å². The summed E-state index contributed by atoms with van der Waals surface area (Å²) in [5.41, 5.74) is 0.772. The highest BCUT2D eigenvalue weighted by Gasteiger charge is 2.13. The summed E-state index contributed by atoms with van der Waals surface area (Å²) < 4.78 is 12.8. The molecule has 116 valence electrons. The van der Waals surface area contributed by atoms with Gasteiger partial charge in [-0.05, 0) is 30.2 Å². The Labute approximate surface area is 131 Å². The maximum Gasteiger partial charge on any atom is 0.272 e. The molecule has 5 nitrogen and oxygen atoms in total. The van der Waals surface area contributed by atoms with Gasteiger partial charge in [-0.1, -0.05) is 30.3 Å². The SMILES string of the molecule is O=C(NCCc1ccc(F)cc1)c1n[nH]c(=O)c2ccccc12. The summed E-state index contributed by atoms with van der Waals surface area (Å²) in [5.74, 6) is -0.652. The number of H-pyrrole nitrogens is 1. The lowest BCUT2D eigenvalue weighted by Gasteiger charge is -2.07. The van der Waals surface area contributed by atoms with Crippen molar-refractivity contribution in [3.63, 3.8) is 0 Å². The van der Waals surface area contributed by atoms with Gasteiger partial charge in [0.15, 0.2) is 5.69 Å². The number of fused-ring (bicyclic) bond motifs is 1. The van der Waals surface area contributed by atoms with Crippen LogP contribution >= 0.6 is 0 Å². The fraction of sp³-hybridized carbons (Fsp3) is 0.118. The number of rotatable bonds is 4. The van der Waals surface area contributed by atoms with Gasteiger partial charge in [0, 0.05) is 11.9 Å². The molecule has 3 aromatic rings. The van der Waals surface area contributed by atoms with Crippen molar-refractivity contribution < 1.29 is 9.18 Å². The van der Waals surface area contributed by atoms with Crippen molar-refractivity contribution in [3.8, 4) is 0 Å². The van der Waals surface area contributed by atoms with Gasteiger partial charge in [-0.15, -0.1) is 0 Å². The van der Waals surface area contributed by atoms with Crippen molar-refractivity contribution in [1.29, 1.82) is 0 Å². The summed E-state index contributed by atoms with van der Waals surface area (Å²) in [6, 6.07) is 12.9. The highest BCUT2D eigenvalue weighted by Crippen LogP contribution is 2.12. The van der Waals surface area contributed by atoms with Crippen molar-refractivity contribution in [2.75, 3.05) is 6.54 Å². The minimum atomic E-state index is -0.362. The molecule has 1 aromatic heterocycles. The Morgan fingerprint density at radius 1 is 1.09 bits per heavy atom. The molecule has 3 rings (SSSR count). The van der Waals surface area contributed by atoms with Crippen molar-refractivity contribution >= 4 is 16.7 Å². The lowest BCUT2D eigenvalue weighted by molar-refractivity contribution is 0.0950. The number of hydrogen-bond donors (Lipinski definition) is 2. The van der Waals surface area contributed by atoms with Crippen LogP contribution in [0, 0.1) is 5.82 Å². The van der Waals surface area contributed by atoms with E-state index in [1.54, 1.807) is 36.4 Å². The topological polar surface area (TPSA) is 74.8 Å². The molecule has 6 heteroatoms. The lowest BCUT2D eigenvalue weighted by Crippen LogP contribution is -2.28. The Bertz CT molecular complexity index is 904. The summed E-state index contributed by atoms with van der Waals surface area (Å²) in [4.78, 5) is 24.0. The first-order chi connectivity index (χ1) is 11.1. The van der Waals surface area contributed by atoms with Crippen molar-refractivity contribution in [2.45, 2.75) is 6.42 Å². The largest absolute Gasteiger partial charge is 0.350 e. The van der Waals surface area contributed by atoms with Crippen LogP contribution in [-0.2, 0) is 6.42 Å². The zero-order valence-electron chi connectivity index (χ0n) is 12.2. The molecule has 0 aliphatic heterocycles. The highest BCUT2D eigenvalue weighted by molar-refractivity contribution is 6.04. The molecule has 2 N–H and O–H groups in total. The molecule has 0 saturated heterocycles. The summed E-state index contributed by atoms with van der Waals surface area (Å²) in [5, 5.41) is 9.86. The third-order valence-corrected chi connectivity index (χ3v) is 3.52. The maximum absolute atomic E-state index is 12.8. The number of carbonyl (C=O) groups excluding carboxylic acids is 1. The minimum absolute atomic E-state index is 0.180. The number of aromatic amines is 1. The van der Waals surface area contributed by atoms with Gasteiger partial charge >= 0.3 is 0 Å². The van der Waals surface area contributed by atoms with E-state index in [2.05, 4.69) is 15.5 Å². The van der Waals surface area contributed by atoms with Gasteiger partial charge in [0.25, 0.3) is 11.5 Å². The predicted octanol–water partition coefficient (Wildman–Crippen LogP) is 2.03. The average molecular weight is 311 g/mol. The van der Waals surface area contributed by atoms with Gasteiger partial charge in [-0.3, -0.25) is 9.59 Å². The number of halogens is 1. The molecule has 0 fully saturated rings. The van der Waals surface area contributed by atoms with Crippen LogP contribution in [0.1, 0.15) is 16.1 Å². The maximum atomic E-state index is 12.8. The molecular weight excluding hydrogens is 297 g/mol. The summed E-state index contributed by atoms with van der Waals surface area (Å²) in [7, 11) is 0. The fourth-order valence-corrected chi connectivity index (χ4v) is 2.34. The normalized spacial score (nSPS) is 10.7. The molecule has 1 amide bonds. The van der Waals surface area contributed by atoms with Crippen LogP contribution in [0.2, 0.25) is 0 Å². The molecule has 0 saturated carbocycles. The summed E-state index contributed by atoms with van der Waals surface area (Å²) in [6.07, 6.45) is 0.577. The number of nitrogens with zero attached hydrogens (tertiary/aromatic N) is 1. The van der Waals surface area contributed by atoms with E-state index in [4.69, 9.17) is 0 Å². The zero-order valence-corrected chi connectivity index (χ0v) is 12.2. The standard InChI is InChI=1S/C17H14FN3O2/c18-12-7-5-11(6-8-12)9-10-19-17(23)15-13-3-1-2-4-14(13)16(22)21-20-15/h1-8H,9-10H2,(H,19,23)(H,21,22). The second kappa shape index (κ2) is 6.39. The Morgan fingerprint density at radius 2 is 1.78 bits per heavy atom. The Morgan fingerprint density at radius 3 is 2.52 bits per heavy atom. The molecule has 0 aliphatic carbocycles. The predicted molar refractivity (Wildman–Crippen MR) is 84.8 cm³/mol. The van der Waals surface area contributed by atoms with E-state index in [1.807, 2.05) is 0 Å². The van der Waals surface area contributed by atoms with Gasteiger partial charge in [0.2, 0.25) is 0 Å². The number of nitrogens with one attached hydrogen (secondary N) is 2. The van der Waals surface area contributed by atoms with Crippen LogP contribution < -0.4 is 10.9 Å². The Balaban J connectivity index is 1.73. The van der Waals surface area contributed by atoms with Crippen LogP contribution in [0.4, 0.5) is 4.39 Å². The first kappa shape index (κ1) is 14.9. The molecule has 1 heterocycles. The monoisotopic (exact) mass is 311 g/mol. The molecular formula is C17H14FN3O2. The third kappa shape index (κ3) is 3.26. The number of benzene rings is 2. The molecule has 0 atom stereocenters. The summed E-state index contributed by atoms with van der Waals surface area (Å²) in [6.45, 7) is 0.388. The molecule has 2 aromatic carbocycles. The van der Waals surface area contributed by atoms with Gasteiger partial charge in [-0.25, -0.2) is 9.49 Å². The van der Waals surface area contributed by atoms with Crippen LogP contribution in [0.25, 0.3) is 10.8 Å². The van der Waals surface area contributed by atoms with E-state index >= 15 is 0 Å². The molecule has 0 unspecified atom stereocenters.